The van der Waals surface area contributed by atoms with E-state index < -0.39 is 0 Å². The maximum atomic E-state index is 12.2. The summed E-state index contributed by atoms with van der Waals surface area (Å²) in [7, 11) is 0. The number of hydrogen-bond donors (Lipinski definition) is 4. The van der Waals surface area contributed by atoms with Gasteiger partial charge in [-0.25, -0.2) is 0 Å². The van der Waals surface area contributed by atoms with Crippen molar-refractivity contribution in [1.29, 1.82) is 0 Å². The summed E-state index contributed by atoms with van der Waals surface area (Å²) in [4.78, 5) is 12.2. The van der Waals surface area contributed by atoms with Gasteiger partial charge in [0.25, 0.3) is 5.91 Å². The molecule has 1 heterocycles. The molecule has 1 aromatic rings. The summed E-state index contributed by atoms with van der Waals surface area (Å²) in [5, 5.41) is 16.2. The Morgan fingerprint density at radius 2 is 2.19 bits per heavy atom. The van der Waals surface area contributed by atoms with Crippen molar-refractivity contribution < 1.29 is 9.90 Å². The molecule has 0 spiro atoms. The Hall–Kier alpha value is -1.34. The zero-order valence-corrected chi connectivity index (χ0v) is 13.4. The van der Waals surface area contributed by atoms with Crippen molar-refractivity contribution in [2.24, 2.45) is 11.8 Å². The van der Waals surface area contributed by atoms with Gasteiger partial charge in [-0.1, -0.05) is 6.42 Å². The number of aromatic nitrogens is 1. The molecule has 0 aromatic carbocycles. The zero-order valence-electron chi connectivity index (χ0n) is 12.6. The number of hydrogen-bond acceptors (Lipinski definition) is 6. The number of nitrogens with zero attached hydrogens (tertiary/aromatic N) is 1. The molecule has 0 aliphatic heterocycles. The quantitative estimate of drug-likeness (QED) is 0.640. The largest absolute Gasteiger partial charge is 0.396 e. The smallest absolute Gasteiger partial charge is 0.258 e. The Labute approximate surface area is 129 Å². The van der Waals surface area contributed by atoms with E-state index in [0.29, 0.717) is 22.4 Å². The first-order chi connectivity index (χ1) is 10.0. The Morgan fingerprint density at radius 1 is 1.48 bits per heavy atom. The number of nitrogens with two attached hydrogens (primary N) is 1. The lowest BCUT2D eigenvalue weighted by atomic mass is 9.97. The minimum absolute atomic E-state index is 0.0539. The first kappa shape index (κ1) is 16.0. The highest BCUT2D eigenvalue weighted by Gasteiger charge is 2.27. The molecule has 0 radical (unpaired) electrons. The number of nitrogens with one attached hydrogen (secondary N) is 2. The van der Waals surface area contributed by atoms with E-state index in [0.717, 1.165) is 25.8 Å². The molecule has 1 saturated carbocycles. The third-order valence-corrected chi connectivity index (χ3v) is 4.76. The van der Waals surface area contributed by atoms with Gasteiger partial charge >= 0.3 is 0 Å². The second-order valence-corrected chi connectivity index (χ2v) is 6.69. The number of rotatable bonds is 6. The normalized spacial score (nSPS) is 21.7. The van der Waals surface area contributed by atoms with Crippen LogP contribution in [0.3, 0.4) is 0 Å². The predicted octanol–water partition coefficient (Wildman–Crippen LogP) is 1.68. The number of aliphatic hydroxyl groups is 1. The standard InChI is InChI=1S/C14H24N4O2S/c1-8(2)17-13(20)11-12(15)18-21-14(11)16-6-9-4-3-5-10(9)7-19/h8-10,16,19H,3-7H2,1-2H3,(H2,15,18)(H,17,20). The second kappa shape index (κ2) is 7.09. The summed E-state index contributed by atoms with van der Waals surface area (Å²) in [5.41, 5.74) is 6.25. The van der Waals surface area contributed by atoms with E-state index in [1.54, 1.807) is 0 Å². The van der Waals surface area contributed by atoms with Crippen LogP contribution in [0, 0.1) is 11.8 Å². The van der Waals surface area contributed by atoms with Gasteiger partial charge in [-0.3, -0.25) is 4.79 Å². The van der Waals surface area contributed by atoms with E-state index in [2.05, 4.69) is 15.0 Å². The Balaban J connectivity index is 2.02. The van der Waals surface area contributed by atoms with E-state index >= 15 is 0 Å². The lowest BCUT2D eigenvalue weighted by Gasteiger charge is -2.18. The van der Waals surface area contributed by atoms with Crippen molar-refractivity contribution in [3.8, 4) is 0 Å². The molecule has 1 amide bonds. The van der Waals surface area contributed by atoms with Gasteiger partial charge in [-0.2, -0.15) is 4.37 Å². The average Bonchev–Trinajstić information content (AvgIpc) is 3.01. The van der Waals surface area contributed by atoms with E-state index in [1.807, 2.05) is 13.8 Å². The van der Waals surface area contributed by atoms with Gasteiger partial charge in [0, 0.05) is 19.2 Å². The zero-order chi connectivity index (χ0) is 15.4. The van der Waals surface area contributed by atoms with Crippen LogP contribution in [0.1, 0.15) is 43.5 Å². The summed E-state index contributed by atoms with van der Waals surface area (Å²) < 4.78 is 4.08. The molecule has 2 unspecified atom stereocenters. The van der Waals surface area contributed by atoms with Crippen LogP contribution in [0.4, 0.5) is 10.8 Å². The molecule has 1 aliphatic carbocycles. The summed E-state index contributed by atoms with van der Waals surface area (Å²) in [6, 6.07) is 0.0539. The molecule has 7 heteroatoms. The van der Waals surface area contributed by atoms with Crippen LogP contribution in [0.15, 0.2) is 0 Å². The maximum Gasteiger partial charge on any atom is 0.258 e. The Bertz CT molecular complexity index is 489. The second-order valence-electron chi connectivity index (χ2n) is 5.91. The van der Waals surface area contributed by atoms with Gasteiger partial charge in [-0.15, -0.1) is 0 Å². The van der Waals surface area contributed by atoms with Crippen LogP contribution < -0.4 is 16.4 Å². The number of aliphatic hydroxyl groups excluding tert-OH is 1. The van der Waals surface area contributed by atoms with Crippen LogP contribution in [-0.2, 0) is 0 Å². The van der Waals surface area contributed by atoms with Crippen molar-refractivity contribution in [3.05, 3.63) is 5.56 Å². The van der Waals surface area contributed by atoms with Crippen molar-refractivity contribution in [2.45, 2.75) is 39.2 Å². The van der Waals surface area contributed by atoms with E-state index in [4.69, 9.17) is 5.73 Å². The maximum absolute atomic E-state index is 12.2. The molecular weight excluding hydrogens is 288 g/mol. The van der Waals surface area contributed by atoms with Gasteiger partial charge in [0.2, 0.25) is 0 Å². The van der Waals surface area contributed by atoms with Crippen LogP contribution in [0.25, 0.3) is 0 Å². The number of carbonyl (C=O) groups excluding carboxylic acids is 1. The molecular formula is C14H24N4O2S. The molecule has 1 fully saturated rings. The Morgan fingerprint density at radius 3 is 2.86 bits per heavy atom. The highest BCUT2D eigenvalue weighted by Crippen LogP contribution is 2.33. The van der Waals surface area contributed by atoms with Crippen LogP contribution >= 0.6 is 11.5 Å². The summed E-state index contributed by atoms with van der Waals surface area (Å²) in [6.45, 7) is 4.80. The molecule has 2 atom stereocenters. The van der Waals surface area contributed by atoms with Gasteiger partial charge in [-0.05, 0) is 50.1 Å². The fourth-order valence-electron chi connectivity index (χ4n) is 2.82. The highest BCUT2D eigenvalue weighted by atomic mass is 32.1. The number of anilines is 2. The number of amides is 1. The van der Waals surface area contributed by atoms with Crippen molar-refractivity contribution in [3.63, 3.8) is 0 Å². The lowest BCUT2D eigenvalue weighted by molar-refractivity contribution is 0.0945. The monoisotopic (exact) mass is 312 g/mol. The van der Waals surface area contributed by atoms with Gasteiger partial charge in [0.1, 0.15) is 10.6 Å². The third kappa shape index (κ3) is 3.85. The molecule has 21 heavy (non-hydrogen) atoms. The van der Waals surface area contributed by atoms with Crippen molar-refractivity contribution >= 4 is 28.3 Å². The van der Waals surface area contributed by atoms with Crippen LogP contribution in [0.2, 0.25) is 0 Å². The minimum Gasteiger partial charge on any atom is -0.396 e. The number of carbonyl (C=O) groups is 1. The summed E-state index contributed by atoms with van der Waals surface area (Å²) in [6.07, 6.45) is 3.34. The topological polar surface area (TPSA) is 100 Å². The Kier molecular flexibility index (Phi) is 5.41. The molecule has 1 aromatic heterocycles. The molecule has 0 bridgehead atoms. The van der Waals surface area contributed by atoms with Gasteiger partial charge in [0.05, 0.1) is 0 Å². The SMILES string of the molecule is CC(C)NC(=O)c1c(N)nsc1NCC1CCCC1CO. The lowest BCUT2D eigenvalue weighted by Crippen LogP contribution is -2.31. The molecule has 6 nitrogen and oxygen atoms in total. The molecule has 2 rings (SSSR count). The number of nitrogen functional groups attached to an aromatic ring is 1. The predicted molar refractivity (Wildman–Crippen MR) is 85.5 cm³/mol. The van der Waals surface area contributed by atoms with Crippen LogP contribution in [0.5, 0.6) is 0 Å². The molecule has 1 aliphatic rings. The molecule has 5 N–H and O–H groups in total. The average molecular weight is 312 g/mol. The van der Waals surface area contributed by atoms with Gasteiger partial charge in [0.15, 0.2) is 5.82 Å². The van der Waals surface area contributed by atoms with Crippen molar-refractivity contribution in [1.82, 2.24) is 9.69 Å². The van der Waals surface area contributed by atoms with E-state index in [-0.39, 0.29) is 24.4 Å². The van der Waals surface area contributed by atoms with Crippen molar-refractivity contribution in [2.75, 3.05) is 24.2 Å². The van der Waals surface area contributed by atoms with E-state index in [1.165, 1.54) is 11.5 Å². The van der Waals surface area contributed by atoms with Crippen LogP contribution in [-0.4, -0.2) is 34.6 Å². The molecule has 118 valence electrons. The fraction of sp³-hybridized carbons (Fsp3) is 0.714. The summed E-state index contributed by atoms with van der Waals surface area (Å²) >= 11 is 1.21. The first-order valence-electron chi connectivity index (χ1n) is 7.43. The minimum atomic E-state index is -0.191. The molecule has 0 saturated heterocycles. The highest BCUT2D eigenvalue weighted by molar-refractivity contribution is 7.11. The van der Waals surface area contributed by atoms with Gasteiger partial charge < -0.3 is 21.5 Å². The fourth-order valence-corrected chi connectivity index (χ4v) is 3.54. The summed E-state index contributed by atoms with van der Waals surface area (Å²) in [5.74, 6) is 0.879. The van der Waals surface area contributed by atoms with E-state index in [9.17, 15) is 9.90 Å². The first-order valence-corrected chi connectivity index (χ1v) is 8.21. The third-order valence-electron chi connectivity index (χ3n) is 3.94.